The molecule has 0 aromatic carbocycles. The molecule has 142 valence electrons. The topological polar surface area (TPSA) is 26.3 Å². The van der Waals surface area contributed by atoms with Crippen LogP contribution in [0.3, 0.4) is 0 Å². The van der Waals surface area contributed by atoms with Crippen LogP contribution >= 0.6 is 11.6 Å². The van der Waals surface area contributed by atoms with Gasteiger partial charge in [-0.15, -0.1) is 0 Å². The highest BCUT2D eigenvalue weighted by Crippen LogP contribution is 2.59. The van der Waals surface area contributed by atoms with E-state index in [2.05, 4.69) is 16.3 Å². The highest BCUT2D eigenvalue weighted by atomic mass is 35.5. The molecule has 24 heavy (non-hydrogen) atoms. The molecule has 0 amide bonds. The quantitative estimate of drug-likeness (QED) is 0.265. The average molecular weight is 403 g/mol. The van der Waals surface area contributed by atoms with Crippen molar-refractivity contribution in [2.24, 2.45) is 0 Å². The number of carbonyl (C=O) groups is 1. The third-order valence-electron chi connectivity index (χ3n) is 2.37. The maximum Gasteiger partial charge on any atom is 0.393 e. The van der Waals surface area contributed by atoms with Gasteiger partial charge in [0.2, 0.25) is 0 Å². The van der Waals surface area contributed by atoms with Crippen molar-refractivity contribution >= 4 is 17.6 Å². The lowest BCUT2D eigenvalue weighted by Gasteiger charge is -2.37. The van der Waals surface area contributed by atoms with Gasteiger partial charge in [0.15, 0.2) is 5.83 Å². The number of carbonyl (C=O) groups excluding carboxylic acids is 1. The van der Waals surface area contributed by atoms with Crippen LogP contribution in [0.1, 0.15) is 6.92 Å². The molecule has 14 heteroatoms. The van der Waals surface area contributed by atoms with Crippen molar-refractivity contribution in [1.29, 1.82) is 0 Å². The Kier molecular flexibility index (Phi) is 6.21. The molecule has 0 aliphatic carbocycles. The normalized spacial score (nSPS) is 15.5. The number of allylic oxidation sites excluding steroid dienone is 1. The largest absolute Gasteiger partial charge is 0.463 e. The summed E-state index contributed by atoms with van der Waals surface area (Å²) >= 11 is 3.55. The number of alkyl halides is 11. The van der Waals surface area contributed by atoms with E-state index in [1.807, 2.05) is 0 Å². The molecule has 0 rings (SSSR count). The van der Waals surface area contributed by atoms with Crippen LogP contribution in [0.15, 0.2) is 11.9 Å². The van der Waals surface area contributed by atoms with E-state index in [-0.39, 0.29) is 0 Å². The Hall–Kier alpha value is -1.27. The standard InChI is InChI=1S/C10H6ClF11O2/c1-2-24-5(23)3-4(12)6(13,14)7(15,16)8(17,18)9(19,20)10(11,21)22/h3H,2H2,1H3/b4-3-. The Bertz CT molecular complexity index is 509. The molecule has 0 bridgehead atoms. The fourth-order valence-corrected chi connectivity index (χ4v) is 1.22. The molecule has 0 fully saturated rings. The van der Waals surface area contributed by atoms with Crippen LogP contribution in [0, 0.1) is 0 Å². The van der Waals surface area contributed by atoms with Crippen LogP contribution in [0.4, 0.5) is 48.3 Å². The Balaban J connectivity index is 6.07. The fourth-order valence-electron chi connectivity index (χ4n) is 1.10. The van der Waals surface area contributed by atoms with Crippen LogP contribution in [0.25, 0.3) is 0 Å². The maximum absolute atomic E-state index is 13.1. The van der Waals surface area contributed by atoms with Crippen molar-refractivity contribution in [1.82, 2.24) is 0 Å². The molecule has 0 atom stereocenters. The average Bonchev–Trinajstić information content (AvgIpc) is 2.36. The van der Waals surface area contributed by atoms with Gasteiger partial charge in [-0.3, -0.25) is 0 Å². The summed E-state index contributed by atoms with van der Waals surface area (Å²) < 4.78 is 145. The van der Waals surface area contributed by atoms with E-state index in [0.29, 0.717) is 0 Å². The zero-order valence-corrected chi connectivity index (χ0v) is 11.9. The van der Waals surface area contributed by atoms with Crippen molar-refractivity contribution in [3.05, 3.63) is 11.9 Å². The summed E-state index contributed by atoms with van der Waals surface area (Å²) in [5.74, 6) is -34.5. The first-order valence-electron chi connectivity index (χ1n) is 5.50. The third kappa shape index (κ3) is 3.54. The van der Waals surface area contributed by atoms with Gasteiger partial charge in [-0.1, -0.05) is 0 Å². The maximum atomic E-state index is 13.1. The van der Waals surface area contributed by atoms with Gasteiger partial charge in [-0.05, 0) is 18.5 Å². The second kappa shape index (κ2) is 6.56. The number of rotatable bonds is 7. The highest BCUT2D eigenvalue weighted by Gasteiger charge is 2.87. The molecule has 0 saturated carbocycles. The van der Waals surface area contributed by atoms with Gasteiger partial charge in [0.05, 0.1) is 12.7 Å². The van der Waals surface area contributed by atoms with Crippen molar-refractivity contribution in [2.75, 3.05) is 6.61 Å². The molecule has 2 nitrogen and oxygen atoms in total. The van der Waals surface area contributed by atoms with E-state index < -0.39 is 53.6 Å². The Morgan fingerprint density at radius 3 is 1.67 bits per heavy atom. The first-order valence-corrected chi connectivity index (χ1v) is 5.88. The minimum absolute atomic E-state index is 0.572. The molecule has 0 aliphatic heterocycles. The first kappa shape index (κ1) is 22.7. The third-order valence-corrected chi connectivity index (χ3v) is 2.61. The fraction of sp³-hybridized carbons (Fsp3) is 0.700. The van der Waals surface area contributed by atoms with Gasteiger partial charge >= 0.3 is 35.0 Å². The van der Waals surface area contributed by atoms with Gasteiger partial charge in [-0.2, -0.15) is 43.9 Å². The minimum Gasteiger partial charge on any atom is -0.463 e. The summed E-state index contributed by atoms with van der Waals surface area (Å²) in [7, 11) is 0. The number of ether oxygens (including phenoxy) is 1. The van der Waals surface area contributed by atoms with Crippen LogP contribution in [-0.4, -0.2) is 41.6 Å². The van der Waals surface area contributed by atoms with Gasteiger partial charge in [0, 0.05) is 0 Å². The van der Waals surface area contributed by atoms with Crippen molar-refractivity contribution in [2.45, 2.75) is 36.0 Å². The van der Waals surface area contributed by atoms with Gasteiger partial charge in [0.1, 0.15) is 0 Å². The molecular formula is C10H6ClF11O2. The van der Waals surface area contributed by atoms with E-state index in [9.17, 15) is 53.1 Å². The van der Waals surface area contributed by atoms with E-state index >= 15 is 0 Å². The van der Waals surface area contributed by atoms with Crippen LogP contribution in [0.2, 0.25) is 0 Å². The minimum atomic E-state index is -7.51. The van der Waals surface area contributed by atoms with Gasteiger partial charge in [0.25, 0.3) is 0 Å². The molecule has 0 unspecified atom stereocenters. The number of hydrogen-bond acceptors (Lipinski definition) is 2. The summed E-state index contributed by atoms with van der Waals surface area (Å²) in [6, 6.07) is 0. The summed E-state index contributed by atoms with van der Waals surface area (Å²) in [5.41, 5.74) is 0. The molecule has 0 radical (unpaired) electrons. The Morgan fingerprint density at radius 2 is 1.33 bits per heavy atom. The molecule has 0 aromatic rings. The second-order valence-electron chi connectivity index (χ2n) is 4.04. The zero-order chi connectivity index (χ0) is 19.8. The monoisotopic (exact) mass is 402 g/mol. The lowest BCUT2D eigenvalue weighted by molar-refractivity contribution is -0.385. The zero-order valence-electron chi connectivity index (χ0n) is 11.1. The van der Waals surface area contributed by atoms with Gasteiger partial charge < -0.3 is 4.74 Å². The van der Waals surface area contributed by atoms with Crippen LogP contribution < -0.4 is 0 Å². The first-order chi connectivity index (χ1) is 10.4. The summed E-state index contributed by atoms with van der Waals surface area (Å²) in [6.45, 7) is 0.491. The van der Waals surface area contributed by atoms with Crippen LogP contribution in [-0.2, 0) is 9.53 Å². The van der Waals surface area contributed by atoms with E-state index in [4.69, 9.17) is 0 Å². The molecule has 0 saturated heterocycles. The lowest BCUT2D eigenvalue weighted by Crippen LogP contribution is -2.66. The molecular weight excluding hydrogens is 397 g/mol. The second-order valence-corrected chi connectivity index (χ2v) is 4.51. The molecule has 0 heterocycles. The van der Waals surface area contributed by atoms with Crippen molar-refractivity contribution in [3.63, 3.8) is 0 Å². The molecule has 0 spiro atoms. The van der Waals surface area contributed by atoms with Gasteiger partial charge in [-0.25, -0.2) is 9.18 Å². The number of halogens is 12. The van der Waals surface area contributed by atoms with E-state index in [1.54, 1.807) is 0 Å². The summed E-state index contributed by atoms with van der Waals surface area (Å²) in [6.07, 6.45) is -1.02. The number of hydrogen-bond donors (Lipinski definition) is 0. The lowest BCUT2D eigenvalue weighted by atomic mass is 9.97. The summed E-state index contributed by atoms with van der Waals surface area (Å²) in [5, 5.41) is -6.38. The molecule has 0 N–H and O–H groups in total. The SMILES string of the molecule is CCOC(=O)/C=C(\F)C(F)(F)C(F)(F)C(F)(F)C(F)(F)C(F)(F)Cl. The smallest absolute Gasteiger partial charge is 0.393 e. The van der Waals surface area contributed by atoms with Crippen molar-refractivity contribution < 1.29 is 57.8 Å². The number of esters is 1. The Morgan fingerprint density at radius 1 is 0.917 bits per heavy atom. The summed E-state index contributed by atoms with van der Waals surface area (Å²) in [4.78, 5) is 10.6. The predicted octanol–water partition coefficient (Wildman–Crippen LogP) is 4.78. The van der Waals surface area contributed by atoms with Crippen LogP contribution in [0.5, 0.6) is 0 Å². The molecule has 0 aromatic heterocycles. The Labute approximate surface area is 131 Å². The van der Waals surface area contributed by atoms with E-state index in [1.165, 1.54) is 0 Å². The van der Waals surface area contributed by atoms with Crippen molar-refractivity contribution in [3.8, 4) is 0 Å². The molecule has 0 aliphatic rings. The van der Waals surface area contributed by atoms with E-state index in [0.717, 1.165) is 6.92 Å². The predicted molar refractivity (Wildman–Crippen MR) is 56.4 cm³/mol. The highest BCUT2D eigenvalue weighted by molar-refractivity contribution is 6.22.